The zero-order valence-electron chi connectivity index (χ0n) is 13.2. The molecule has 3 N–H and O–H groups in total. The number of aliphatic carboxylic acids is 1. The highest BCUT2D eigenvalue weighted by molar-refractivity contribution is 5.70. The third kappa shape index (κ3) is 6.39. The summed E-state index contributed by atoms with van der Waals surface area (Å²) < 4.78 is 0. The largest absolute Gasteiger partial charge is 0.481 e. The van der Waals surface area contributed by atoms with E-state index in [1.54, 1.807) is 0 Å². The van der Waals surface area contributed by atoms with Gasteiger partial charge in [0.2, 0.25) is 0 Å². The maximum Gasteiger partial charge on any atom is 0.306 e. The second kappa shape index (κ2) is 5.80. The Morgan fingerprint density at radius 1 is 0.895 bits per heavy atom. The molecule has 1 aliphatic carbocycles. The summed E-state index contributed by atoms with van der Waals surface area (Å²) in [6.45, 7) is 12.8. The van der Waals surface area contributed by atoms with E-state index in [2.05, 4.69) is 52.2 Å². The molecule has 1 saturated carbocycles. The van der Waals surface area contributed by atoms with Crippen molar-refractivity contribution in [3.63, 3.8) is 0 Å². The molecule has 0 heterocycles. The van der Waals surface area contributed by atoms with E-state index < -0.39 is 5.97 Å². The minimum atomic E-state index is -0.666. The first-order valence-corrected chi connectivity index (χ1v) is 7.24. The minimum Gasteiger partial charge on any atom is -0.481 e. The number of hydrogen-bond acceptors (Lipinski definition) is 3. The van der Waals surface area contributed by atoms with Crippen LogP contribution in [0.3, 0.4) is 0 Å². The van der Waals surface area contributed by atoms with Crippen LogP contribution in [0.5, 0.6) is 0 Å². The first kappa shape index (κ1) is 16.4. The molecule has 4 nitrogen and oxygen atoms in total. The van der Waals surface area contributed by atoms with E-state index in [4.69, 9.17) is 0 Å². The van der Waals surface area contributed by atoms with Crippen LogP contribution in [0.25, 0.3) is 0 Å². The van der Waals surface area contributed by atoms with E-state index in [9.17, 15) is 9.90 Å². The quantitative estimate of drug-likeness (QED) is 0.737. The summed E-state index contributed by atoms with van der Waals surface area (Å²) in [5.74, 6) is -0.908. The molecule has 0 radical (unpaired) electrons. The molecule has 19 heavy (non-hydrogen) atoms. The van der Waals surface area contributed by atoms with E-state index in [1.807, 2.05) is 0 Å². The van der Waals surface area contributed by atoms with E-state index in [0.717, 1.165) is 19.3 Å². The number of carboxylic acid groups (broad SMARTS) is 1. The summed E-state index contributed by atoms with van der Waals surface area (Å²) in [7, 11) is 0. The van der Waals surface area contributed by atoms with E-state index in [-0.39, 0.29) is 29.1 Å². The molecule has 0 aromatic carbocycles. The first-order chi connectivity index (χ1) is 8.46. The van der Waals surface area contributed by atoms with Crippen molar-refractivity contribution in [3.05, 3.63) is 0 Å². The highest BCUT2D eigenvalue weighted by Gasteiger charge is 2.35. The van der Waals surface area contributed by atoms with Crippen LogP contribution in [0.15, 0.2) is 0 Å². The van der Waals surface area contributed by atoms with Crippen LogP contribution in [-0.4, -0.2) is 34.2 Å². The lowest BCUT2D eigenvalue weighted by Gasteiger charge is -2.40. The topological polar surface area (TPSA) is 61.4 Å². The summed E-state index contributed by atoms with van der Waals surface area (Å²) in [5.41, 5.74) is 0.0503. The van der Waals surface area contributed by atoms with Crippen LogP contribution in [0, 0.1) is 5.92 Å². The Hall–Kier alpha value is -0.610. The van der Waals surface area contributed by atoms with Gasteiger partial charge < -0.3 is 15.7 Å². The molecule has 1 rings (SSSR count). The minimum absolute atomic E-state index is 0.0251. The molecule has 1 aliphatic rings. The SMILES string of the molecule is CC(C)(C)NC1CC(NC(C)(C)C)CC(C(=O)O)C1. The first-order valence-electron chi connectivity index (χ1n) is 7.24. The summed E-state index contributed by atoms with van der Waals surface area (Å²) >= 11 is 0. The maximum atomic E-state index is 11.3. The highest BCUT2D eigenvalue weighted by Crippen LogP contribution is 2.27. The second-order valence-electron chi connectivity index (χ2n) is 7.92. The van der Waals surface area contributed by atoms with Gasteiger partial charge in [-0.2, -0.15) is 0 Å². The lowest BCUT2D eigenvalue weighted by atomic mass is 9.80. The lowest BCUT2D eigenvalue weighted by molar-refractivity contribution is -0.143. The molecular weight excluding hydrogens is 240 g/mol. The van der Waals surface area contributed by atoms with Gasteiger partial charge in [0.15, 0.2) is 0 Å². The Kier molecular flexibility index (Phi) is 5.02. The van der Waals surface area contributed by atoms with Crippen molar-refractivity contribution >= 4 is 5.97 Å². The third-order valence-electron chi connectivity index (χ3n) is 3.33. The molecule has 0 aromatic rings. The molecule has 0 aromatic heterocycles. The van der Waals surface area contributed by atoms with Crippen molar-refractivity contribution in [1.29, 1.82) is 0 Å². The predicted molar refractivity (Wildman–Crippen MR) is 78.3 cm³/mol. The molecule has 2 atom stereocenters. The summed E-state index contributed by atoms with van der Waals surface area (Å²) in [5, 5.41) is 16.4. The van der Waals surface area contributed by atoms with Crippen LogP contribution in [0.1, 0.15) is 60.8 Å². The summed E-state index contributed by atoms with van der Waals surface area (Å²) in [4.78, 5) is 11.3. The average molecular weight is 270 g/mol. The molecule has 0 aliphatic heterocycles. The normalized spacial score (nSPS) is 29.3. The van der Waals surface area contributed by atoms with Gasteiger partial charge in [0, 0.05) is 23.2 Å². The molecule has 0 saturated heterocycles. The third-order valence-corrected chi connectivity index (χ3v) is 3.33. The van der Waals surface area contributed by atoms with Crippen molar-refractivity contribution in [2.75, 3.05) is 0 Å². The van der Waals surface area contributed by atoms with E-state index in [0.29, 0.717) is 0 Å². The molecular formula is C15H30N2O2. The fourth-order valence-corrected chi connectivity index (χ4v) is 2.98. The predicted octanol–water partition coefficient (Wildman–Crippen LogP) is 2.38. The van der Waals surface area contributed by atoms with E-state index in [1.165, 1.54) is 0 Å². The number of nitrogens with one attached hydrogen (secondary N) is 2. The van der Waals surface area contributed by atoms with Gasteiger partial charge >= 0.3 is 5.97 Å². The Bertz CT molecular complexity index is 291. The fourth-order valence-electron chi connectivity index (χ4n) is 2.98. The van der Waals surface area contributed by atoms with Gasteiger partial charge in [-0.15, -0.1) is 0 Å². The Balaban J connectivity index is 2.71. The standard InChI is InChI=1S/C15H30N2O2/c1-14(2,3)16-11-7-10(13(18)19)8-12(9-11)17-15(4,5)6/h10-12,16-17H,7-9H2,1-6H3,(H,18,19). The maximum absolute atomic E-state index is 11.3. The van der Waals surface area contributed by atoms with Crippen LogP contribution < -0.4 is 10.6 Å². The van der Waals surface area contributed by atoms with Gasteiger partial charge in [-0.05, 0) is 60.8 Å². The van der Waals surface area contributed by atoms with Crippen molar-refractivity contribution in [2.24, 2.45) is 5.92 Å². The smallest absolute Gasteiger partial charge is 0.306 e. The summed E-state index contributed by atoms with van der Waals surface area (Å²) in [6.07, 6.45) is 2.46. The van der Waals surface area contributed by atoms with Gasteiger partial charge in [-0.25, -0.2) is 0 Å². The molecule has 0 bridgehead atoms. The fraction of sp³-hybridized carbons (Fsp3) is 0.933. The van der Waals surface area contributed by atoms with Crippen molar-refractivity contribution in [2.45, 2.75) is 84.0 Å². The van der Waals surface area contributed by atoms with Crippen LogP contribution >= 0.6 is 0 Å². The number of rotatable bonds is 3. The summed E-state index contributed by atoms with van der Waals surface area (Å²) in [6, 6.07) is 0.546. The lowest BCUT2D eigenvalue weighted by Crippen LogP contribution is -2.54. The van der Waals surface area contributed by atoms with Crippen LogP contribution in [0.4, 0.5) is 0 Å². The average Bonchev–Trinajstić information content (AvgIpc) is 2.10. The molecule has 0 spiro atoms. The molecule has 0 amide bonds. The van der Waals surface area contributed by atoms with Gasteiger partial charge in [-0.3, -0.25) is 4.79 Å². The van der Waals surface area contributed by atoms with Gasteiger partial charge in [0.25, 0.3) is 0 Å². The van der Waals surface area contributed by atoms with Crippen LogP contribution in [0.2, 0.25) is 0 Å². The Morgan fingerprint density at radius 2 is 1.26 bits per heavy atom. The monoisotopic (exact) mass is 270 g/mol. The molecule has 4 heteroatoms. The Morgan fingerprint density at radius 3 is 1.53 bits per heavy atom. The Labute approximate surface area is 117 Å². The number of carboxylic acids is 1. The van der Waals surface area contributed by atoms with Crippen molar-refractivity contribution < 1.29 is 9.90 Å². The van der Waals surface area contributed by atoms with Crippen molar-refractivity contribution in [1.82, 2.24) is 10.6 Å². The van der Waals surface area contributed by atoms with E-state index >= 15 is 0 Å². The number of hydrogen-bond donors (Lipinski definition) is 3. The molecule has 112 valence electrons. The van der Waals surface area contributed by atoms with Gasteiger partial charge in [0.05, 0.1) is 5.92 Å². The second-order valence-corrected chi connectivity index (χ2v) is 7.92. The van der Waals surface area contributed by atoms with Crippen LogP contribution in [-0.2, 0) is 4.79 Å². The molecule has 2 unspecified atom stereocenters. The molecule has 1 fully saturated rings. The zero-order chi connectivity index (χ0) is 14.8. The van der Waals surface area contributed by atoms with Gasteiger partial charge in [0.1, 0.15) is 0 Å². The van der Waals surface area contributed by atoms with Gasteiger partial charge in [-0.1, -0.05) is 0 Å². The van der Waals surface area contributed by atoms with Crippen molar-refractivity contribution in [3.8, 4) is 0 Å². The highest BCUT2D eigenvalue weighted by atomic mass is 16.4. The zero-order valence-corrected chi connectivity index (χ0v) is 13.2. The number of carbonyl (C=O) groups is 1.